The number of hydrogen-bond acceptors (Lipinski definition) is 6. The van der Waals surface area contributed by atoms with E-state index in [-0.39, 0.29) is 0 Å². The summed E-state index contributed by atoms with van der Waals surface area (Å²) in [6.45, 7) is 6.61. The Morgan fingerprint density at radius 3 is 2.61 bits per heavy atom. The summed E-state index contributed by atoms with van der Waals surface area (Å²) in [6.07, 6.45) is 12.3. The Kier molecular flexibility index (Phi) is 7.69. The summed E-state index contributed by atoms with van der Waals surface area (Å²) in [7, 11) is 0. The van der Waals surface area contributed by atoms with Gasteiger partial charge in [0, 0.05) is 43.4 Å². The molecule has 168 valence electrons. The minimum Gasteiger partial charge on any atom is -0.598 e. The molecule has 7 heteroatoms. The maximum absolute atomic E-state index is 11.7. The van der Waals surface area contributed by atoms with Gasteiger partial charge >= 0.3 is 0 Å². The molecule has 0 spiro atoms. The molecule has 0 aliphatic carbocycles. The van der Waals surface area contributed by atoms with Gasteiger partial charge in [0.25, 0.3) is 0 Å². The van der Waals surface area contributed by atoms with Gasteiger partial charge in [0.1, 0.15) is 12.0 Å². The smallest absolute Gasteiger partial charge is 0.225 e. The number of nitrogens with zero attached hydrogens (tertiary/aromatic N) is 4. The van der Waals surface area contributed by atoms with Gasteiger partial charge in [0.2, 0.25) is 5.95 Å². The zero-order valence-electron chi connectivity index (χ0n) is 18.8. The lowest BCUT2D eigenvalue weighted by atomic mass is 9.92. The highest BCUT2D eigenvalue weighted by molar-refractivity contribution is 7.88. The van der Waals surface area contributed by atoms with Crippen LogP contribution in [0.2, 0.25) is 0 Å². The third-order valence-corrected chi connectivity index (χ3v) is 7.58. The second kappa shape index (κ2) is 10.7. The predicted molar refractivity (Wildman–Crippen MR) is 126 cm³/mol. The van der Waals surface area contributed by atoms with Crippen LogP contribution in [0.1, 0.15) is 49.3 Å². The van der Waals surface area contributed by atoms with Crippen molar-refractivity contribution in [2.75, 3.05) is 37.4 Å². The number of hydrogen-bond donors (Lipinski definition) is 0. The van der Waals surface area contributed by atoms with E-state index in [1.807, 2.05) is 16.7 Å². The maximum Gasteiger partial charge on any atom is 0.225 e. The molecule has 2 aliphatic heterocycles. The summed E-state index contributed by atoms with van der Waals surface area (Å²) in [4.78, 5) is 11.4. The molecule has 1 aromatic heterocycles. The average molecular weight is 443 g/mol. The van der Waals surface area contributed by atoms with Crippen LogP contribution in [0.25, 0.3) is 0 Å². The molecule has 1 saturated heterocycles. The topological polar surface area (TPSA) is 64.5 Å². The SMILES string of the molecule is CCc1cnc(N2CCC(CCCOc3ccc4c(c3)CCN([S+](C)[O-])C4)CC2)nc1. The van der Waals surface area contributed by atoms with Crippen molar-refractivity contribution >= 4 is 17.3 Å². The van der Waals surface area contributed by atoms with E-state index in [1.165, 1.54) is 36.0 Å². The Morgan fingerprint density at radius 1 is 1.13 bits per heavy atom. The van der Waals surface area contributed by atoms with Crippen molar-refractivity contribution in [2.45, 2.75) is 52.0 Å². The van der Waals surface area contributed by atoms with Crippen molar-refractivity contribution in [2.24, 2.45) is 5.92 Å². The first-order chi connectivity index (χ1) is 15.1. The van der Waals surface area contributed by atoms with Gasteiger partial charge in [-0.25, -0.2) is 9.97 Å². The van der Waals surface area contributed by atoms with Crippen LogP contribution in [-0.2, 0) is 30.7 Å². The summed E-state index contributed by atoms with van der Waals surface area (Å²) in [5, 5.41) is 0. The molecule has 0 N–H and O–H groups in total. The molecule has 2 aliphatic rings. The first kappa shape index (κ1) is 22.4. The van der Waals surface area contributed by atoms with Gasteiger partial charge in [-0.3, -0.25) is 0 Å². The fourth-order valence-corrected chi connectivity index (χ4v) is 5.16. The second-order valence-corrected chi connectivity index (χ2v) is 10.00. The summed E-state index contributed by atoms with van der Waals surface area (Å²) in [5.74, 6) is 2.60. The zero-order valence-corrected chi connectivity index (χ0v) is 19.6. The van der Waals surface area contributed by atoms with E-state index in [2.05, 4.69) is 40.0 Å². The number of benzene rings is 1. The standard InChI is InChI=1S/C24H34N4O2S/c1-3-19-16-25-24(26-17-19)27-11-8-20(9-12-27)5-4-14-30-23-7-6-22-18-28(31(2)29)13-10-21(22)15-23/h6-7,15-17,20H,3-5,8-14,18H2,1-2H3. The second-order valence-electron chi connectivity index (χ2n) is 8.63. The monoisotopic (exact) mass is 442 g/mol. The fourth-order valence-electron chi connectivity index (χ4n) is 4.49. The van der Waals surface area contributed by atoms with E-state index < -0.39 is 11.4 Å². The van der Waals surface area contributed by atoms with Gasteiger partial charge in [-0.2, -0.15) is 0 Å². The van der Waals surface area contributed by atoms with Gasteiger partial charge in [-0.1, -0.05) is 13.0 Å². The van der Waals surface area contributed by atoms with Crippen molar-refractivity contribution < 1.29 is 9.29 Å². The van der Waals surface area contributed by atoms with E-state index in [1.54, 1.807) is 6.26 Å². The molecule has 2 aromatic rings. The number of piperidine rings is 1. The molecule has 1 unspecified atom stereocenters. The molecule has 0 bridgehead atoms. The number of fused-ring (bicyclic) bond motifs is 1. The van der Waals surface area contributed by atoms with Crippen LogP contribution >= 0.6 is 0 Å². The Bertz CT molecular complexity index is 838. The lowest BCUT2D eigenvalue weighted by Gasteiger charge is -2.32. The predicted octanol–water partition coefficient (Wildman–Crippen LogP) is 3.77. The quantitative estimate of drug-likeness (QED) is 0.458. The normalized spacial score (nSPS) is 18.6. The van der Waals surface area contributed by atoms with Gasteiger partial charge < -0.3 is 14.2 Å². The molecule has 0 amide bonds. The molecule has 1 atom stereocenters. The van der Waals surface area contributed by atoms with Crippen molar-refractivity contribution in [3.05, 3.63) is 47.3 Å². The van der Waals surface area contributed by atoms with Crippen molar-refractivity contribution in [1.82, 2.24) is 14.3 Å². The van der Waals surface area contributed by atoms with Crippen molar-refractivity contribution in [3.8, 4) is 5.75 Å². The lowest BCUT2D eigenvalue weighted by molar-refractivity contribution is 0.278. The summed E-state index contributed by atoms with van der Waals surface area (Å²) in [6, 6.07) is 6.37. The minimum atomic E-state index is -0.896. The zero-order chi connectivity index (χ0) is 21.6. The summed E-state index contributed by atoms with van der Waals surface area (Å²) in [5.41, 5.74) is 3.80. The van der Waals surface area contributed by atoms with Crippen molar-refractivity contribution in [1.29, 1.82) is 0 Å². The van der Waals surface area contributed by atoms with Gasteiger partial charge in [-0.05, 0) is 73.3 Å². The summed E-state index contributed by atoms with van der Waals surface area (Å²) >= 11 is -0.896. The van der Waals surface area contributed by atoms with Gasteiger partial charge in [0.05, 0.1) is 13.2 Å². The highest BCUT2D eigenvalue weighted by Crippen LogP contribution is 2.27. The van der Waals surface area contributed by atoms with E-state index in [0.717, 1.165) is 69.7 Å². The molecule has 1 aromatic carbocycles. The highest BCUT2D eigenvalue weighted by atomic mass is 32.2. The Balaban J connectivity index is 1.16. The largest absolute Gasteiger partial charge is 0.598 e. The molecule has 0 saturated carbocycles. The molecule has 1 fully saturated rings. The molecule has 0 radical (unpaired) electrons. The number of rotatable bonds is 8. The van der Waals surface area contributed by atoms with Crippen LogP contribution in [0.3, 0.4) is 0 Å². The first-order valence-corrected chi connectivity index (χ1v) is 13.0. The van der Waals surface area contributed by atoms with Crippen LogP contribution < -0.4 is 9.64 Å². The molecule has 3 heterocycles. The van der Waals surface area contributed by atoms with Crippen LogP contribution in [0.4, 0.5) is 5.95 Å². The van der Waals surface area contributed by atoms with Gasteiger partial charge in [-0.15, -0.1) is 4.31 Å². The Hall–Kier alpha value is -1.83. The molecule has 6 nitrogen and oxygen atoms in total. The fraction of sp³-hybridized carbons (Fsp3) is 0.583. The van der Waals surface area contributed by atoms with Crippen LogP contribution in [0, 0.1) is 5.92 Å². The Labute approximate surface area is 189 Å². The number of anilines is 1. The lowest BCUT2D eigenvalue weighted by Crippen LogP contribution is -2.35. The molecular formula is C24H34N4O2S. The van der Waals surface area contributed by atoms with E-state index in [0.29, 0.717) is 0 Å². The third-order valence-electron chi connectivity index (χ3n) is 6.54. The third kappa shape index (κ3) is 5.90. The Morgan fingerprint density at radius 2 is 1.90 bits per heavy atom. The summed E-state index contributed by atoms with van der Waals surface area (Å²) < 4.78 is 19.8. The highest BCUT2D eigenvalue weighted by Gasteiger charge is 2.23. The maximum atomic E-state index is 11.7. The number of aryl methyl sites for hydroxylation is 1. The van der Waals surface area contributed by atoms with Crippen LogP contribution in [-0.4, -0.2) is 51.3 Å². The van der Waals surface area contributed by atoms with Crippen LogP contribution in [0.15, 0.2) is 30.6 Å². The minimum absolute atomic E-state index is 0.763. The van der Waals surface area contributed by atoms with E-state index in [4.69, 9.17) is 4.74 Å². The average Bonchev–Trinajstić information content (AvgIpc) is 2.82. The van der Waals surface area contributed by atoms with Crippen LogP contribution in [0.5, 0.6) is 5.75 Å². The first-order valence-electron chi connectivity index (χ1n) is 11.5. The number of aromatic nitrogens is 2. The van der Waals surface area contributed by atoms with Crippen molar-refractivity contribution in [3.63, 3.8) is 0 Å². The van der Waals surface area contributed by atoms with E-state index >= 15 is 0 Å². The van der Waals surface area contributed by atoms with E-state index in [9.17, 15) is 4.55 Å². The number of ether oxygens (including phenoxy) is 1. The molecular weight excluding hydrogens is 408 g/mol. The molecule has 31 heavy (non-hydrogen) atoms. The molecule has 4 rings (SSSR count). The van der Waals surface area contributed by atoms with Gasteiger partial charge in [0.15, 0.2) is 0 Å².